The van der Waals surface area contributed by atoms with Crippen LogP contribution in [0.25, 0.3) is 6.08 Å². The maximum absolute atomic E-state index is 12.7. The first-order chi connectivity index (χ1) is 12.1. The fraction of sp³-hybridized carbons (Fsp3) is 0.111. The van der Waals surface area contributed by atoms with Crippen molar-refractivity contribution < 1.29 is 0 Å². The molecule has 2 heterocycles. The van der Waals surface area contributed by atoms with E-state index in [4.69, 9.17) is 11.6 Å². The first-order valence-corrected chi connectivity index (χ1v) is 9.61. The van der Waals surface area contributed by atoms with Crippen LogP contribution < -0.4 is 19.8 Å². The molecule has 0 spiro atoms. The number of nitrogens with zero attached hydrogens (tertiary/aromatic N) is 3. The van der Waals surface area contributed by atoms with Crippen molar-refractivity contribution in [3.63, 3.8) is 0 Å². The minimum Gasteiger partial charge on any atom is -0.334 e. The van der Waals surface area contributed by atoms with Gasteiger partial charge in [0.15, 0.2) is 4.80 Å². The lowest BCUT2D eigenvalue weighted by atomic mass is 10.2. The molecular weight excluding hydrogens is 422 g/mol. The summed E-state index contributed by atoms with van der Waals surface area (Å²) in [5.41, 5.74) is 1.97. The number of halogens is 2. The SMILES string of the molecule is O=c1c(=Cc2ccc(Cl)cc2)sc2n1CN(c1cccc(Br)c1)CN=2. The summed E-state index contributed by atoms with van der Waals surface area (Å²) in [5, 5.41) is 0.680. The second-order valence-electron chi connectivity index (χ2n) is 5.64. The molecule has 1 aliphatic heterocycles. The molecule has 0 bridgehead atoms. The van der Waals surface area contributed by atoms with Crippen LogP contribution in [0.3, 0.4) is 0 Å². The third-order valence-electron chi connectivity index (χ3n) is 3.92. The van der Waals surface area contributed by atoms with E-state index in [9.17, 15) is 4.79 Å². The molecule has 2 aromatic carbocycles. The number of hydrogen-bond donors (Lipinski definition) is 0. The predicted molar refractivity (Wildman–Crippen MR) is 106 cm³/mol. The molecule has 0 aliphatic carbocycles. The molecule has 0 atom stereocenters. The fourth-order valence-electron chi connectivity index (χ4n) is 2.66. The number of thiazole rings is 1. The van der Waals surface area contributed by atoms with Gasteiger partial charge in [-0.15, -0.1) is 0 Å². The highest BCUT2D eigenvalue weighted by Crippen LogP contribution is 2.20. The van der Waals surface area contributed by atoms with Crippen LogP contribution in [0.1, 0.15) is 5.56 Å². The number of hydrogen-bond acceptors (Lipinski definition) is 4. The third-order valence-corrected chi connectivity index (χ3v) is 5.71. The van der Waals surface area contributed by atoms with Gasteiger partial charge in [0.2, 0.25) is 0 Å². The van der Waals surface area contributed by atoms with Gasteiger partial charge in [-0.05, 0) is 42.0 Å². The Kier molecular flexibility index (Phi) is 4.50. The second-order valence-corrected chi connectivity index (χ2v) is 8.00. The van der Waals surface area contributed by atoms with Crippen molar-refractivity contribution in [2.24, 2.45) is 4.99 Å². The lowest BCUT2D eigenvalue weighted by Gasteiger charge is -2.25. The summed E-state index contributed by atoms with van der Waals surface area (Å²) >= 11 is 10.8. The topological polar surface area (TPSA) is 37.6 Å². The Hall–Kier alpha value is -1.89. The molecule has 4 nitrogen and oxygen atoms in total. The van der Waals surface area contributed by atoms with Gasteiger partial charge in [0.25, 0.3) is 5.56 Å². The van der Waals surface area contributed by atoms with Crippen molar-refractivity contribution in [1.29, 1.82) is 0 Å². The van der Waals surface area contributed by atoms with Crippen LogP contribution in [0.5, 0.6) is 0 Å². The van der Waals surface area contributed by atoms with Crippen LogP contribution >= 0.6 is 38.9 Å². The quantitative estimate of drug-likeness (QED) is 0.621. The normalized spacial score (nSPS) is 14.3. The molecule has 3 aromatic rings. The average Bonchev–Trinajstić information content (AvgIpc) is 2.92. The Morgan fingerprint density at radius 2 is 2.00 bits per heavy atom. The minimum atomic E-state index is -0.0154. The lowest BCUT2D eigenvalue weighted by Crippen LogP contribution is -2.42. The van der Waals surface area contributed by atoms with Crippen molar-refractivity contribution in [2.75, 3.05) is 11.6 Å². The molecule has 0 unspecified atom stereocenters. The summed E-state index contributed by atoms with van der Waals surface area (Å²) in [4.78, 5) is 20.1. The van der Waals surface area contributed by atoms with Crippen LogP contribution in [0, 0.1) is 0 Å². The highest BCUT2D eigenvalue weighted by atomic mass is 79.9. The van der Waals surface area contributed by atoms with Crippen molar-refractivity contribution in [3.8, 4) is 0 Å². The minimum absolute atomic E-state index is 0.0154. The monoisotopic (exact) mass is 433 g/mol. The zero-order valence-corrected chi connectivity index (χ0v) is 16.2. The molecule has 1 aromatic heterocycles. The van der Waals surface area contributed by atoms with E-state index in [2.05, 4.69) is 25.8 Å². The second kappa shape index (κ2) is 6.78. The van der Waals surface area contributed by atoms with Crippen molar-refractivity contribution in [3.05, 3.63) is 83.3 Å². The van der Waals surface area contributed by atoms with Crippen LogP contribution in [-0.2, 0) is 6.67 Å². The van der Waals surface area contributed by atoms with Gasteiger partial charge in [0.05, 0.1) is 4.53 Å². The molecule has 0 radical (unpaired) electrons. The fourth-order valence-corrected chi connectivity index (χ4v) is 4.13. The Morgan fingerprint density at radius 3 is 2.76 bits per heavy atom. The number of fused-ring (bicyclic) bond motifs is 1. The van der Waals surface area contributed by atoms with E-state index in [0.717, 1.165) is 20.5 Å². The van der Waals surface area contributed by atoms with Gasteiger partial charge in [-0.2, -0.15) is 0 Å². The Labute approximate surface area is 161 Å². The smallest absolute Gasteiger partial charge is 0.271 e. The molecule has 0 saturated heterocycles. The molecule has 0 fully saturated rings. The van der Waals surface area contributed by atoms with Gasteiger partial charge in [-0.25, -0.2) is 4.99 Å². The van der Waals surface area contributed by atoms with Gasteiger partial charge in [0, 0.05) is 15.2 Å². The summed E-state index contributed by atoms with van der Waals surface area (Å²) in [7, 11) is 0. The molecular formula is C18H13BrClN3OS. The first kappa shape index (κ1) is 16.6. The standard InChI is InChI=1S/C18H13BrClN3OS/c19-13-2-1-3-15(9-13)22-10-21-18-23(11-22)17(24)16(25-18)8-12-4-6-14(20)7-5-12/h1-9H,10-11H2. The van der Waals surface area contributed by atoms with Gasteiger partial charge in [0.1, 0.15) is 13.3 Å². The van der Waals surface area contributed by atoms with Crippen molar-refractivity contribution in [1.82, 2.24) is 4.57 Å². The summed E-state index contributed by atoms with van der Waals surface area (Å²) in [6, 6.07) is 15.4. The summed E-state index contributed by atoms with van der Waals surface area (Å²) in [5.74, 6) is 0. The maximum Gasteiger partial charge on any atom is 0.271 e. The van der Waals surface area contributed by atoms with E-state index < -0.39 is 0 Å². The number of rotatable bonds is 2. The van der Waals surface area contributed by atoms with E-state index >= 15 is 0 Å². The number of anilines is 1. The molecule has 0 N–H and O–H groups in total. The van der Waals surface area contributed by atoms with E-state index in [1.165, 1.54) is 11.3 Å². The van der Waals surface area contributed by atoms with Gasteiger partial charge < -0.3 is 4.90 Å². The summed E-state index contributed by atoms with van der Waals surface area (Å²) in [6.45, 7) is 1.04. The Bertz CT molecular complexity index is 1100. The molecule has 7 heteroatoms. The Morgan fingerprint density at radius 1 is 1.20 bits per heavy atom. The average molecular weight is 435 g/mol. The largest absolute Gasteiger partial charge is 0.334 e. The predicted octanol–water partition coefficient (Wildman–Crippen LogP) is 3.21. The molecule has 126 valence electrons. The molecule has 25 heavy (non-hydrogen) atoms. The van der Waals surface area contributed by atoms with E-state index in [-0.39, 0.29) is 5.56 Å². The number of aromatic nitrogens is 1. The highest BCUT2D eigenvalue weighted by Gasteiger charge is 2.16. The van der Waals surface area contributed by atoms with Crippen LogP contribution in [-0.4, -0.2) is 11.2 Å². The van der Waals surface area contributed by atoms with Crippen molar-refractivity contribution in [2.45, 2.75) is 6.67 Å². The molecule has 0 saturated carbocycles. The zero-order chi connectivity index (χ0) is 17.4. The zero-order valence-electron chi connectivity index (χ0n) is 13.0. The van der Waals surface area contributed by atoms with Gasteiger partial charge in [-0.3, -0.25) is 9.36 Å². The van der Waals surface area contributed by atoms with E-state index in [1.54, 1.807) is 4.57 Å². The molecule has 4 rings (SSSR count). The maximum atomic E-state index is 12.7. The third kappa shape index (κ3) is 3.42. The van der Waals surface area contributed by atoms with Gasteiger partial charge >= 0.3 is 0 Å². The van der Waals surface area contributed by atoms with Crippen LogP contribution in [0.2, 0.25) is 5.02 Å². The van der Waals surface area contributed by atoms with Crippen LogP contribution in [0.4, 0.5) is 5.69 Å². The van der Waals surface area contributed by atoms with Gasteiger partial charge in [-0.1, -0.05) is 57.1 Å². The molecule has 1 aliphatic rings. The highest BCUT2D eigenvalue weighted by molar-refractivity contribution is 9.10. The summed E-state index contributed by atoms with van der Waals surface area (Å²) < 4.78 is 3.40. The number of benzene rings is 2. The Balaban J connectivity index is 1.71. The molecule has 0 amide bonds. The first-order valence-electron chi connectivity index (χ1n) is 7.62. The van der Waals surface area contributed by atoms with Crippen LogP contribution in [0.15, 0.2) is 62.8 Å². The van der Waals surface area contributed by atoms with Crippen molar-refractivity contribution >= 4 is 50.6 Å². The summed E-state index contributed by atoms with van der Waals surface area (Å²) in [6.07, 6.45) is 1.88. The lowest BCUT2D eigenvalue weighted by molar-refractivity contribution is 0.569. The van der Waals surface area contributed by atoms with E-state index in [0.29, 0.717) is 22.9 Å². The van der Waals surface area contributed by atoms with E-state index in [1.807, 2.05) is 54.6 Å².